The fourth-order valence-electron chi connectivity index (χ4n) is 0.799. The zero-order valence-electron chi connectivity index (χ0n) is 6.96. The molecule has 0 N–H and O–H groups in total. The number of thioether (sulfide) groups is 1. The summed E-state index contributed by atoms with van der Waals surface area (Å²) in [6.07, 6.45) is 0.885. The first-order chi connectivity index (χ1) is 6.13. The van der Waals surface area contributed by atoms with Gasteiger partial charge in [-0.15, -0.1) is 11.8 Å². The van der Waals surface area contributed by atoms with E-state index in [9.17, 15) is 4.79 Å². The Morgan fingerprint density at radius 3 is 2.69 bits per heavy atom. The van der Waals surface area contributed by atoms with E-state index in [0.29, 0.717) is 10.0 Å². The van der Waals surface area contributed by atoms with Gasteiger partial charge in [0.25, 0.3) is 0 Å². The summed E-state index contributed by atoms with van der Waals surface area (Å²) in [6.45, 7) is 1.82. The molecule has 1 nitrogen and oxygen atoms in total. The second-order valence-electron chi connectivity index (χ2n) is 2.53. The molecule has 0 aliphatic heterocycles. The van der Waals surface area contributed by atoms with Gasteiger partial charge in [-0.05, 0) is 25.1 Å². The maximum Gasteiger partial charge on any atom is 0.133 e. The van der Waals surface area contributed by atoms with Crippen LogP contribution in [0.25, 0.3) is 0 Å². The van der Waals surface area contributed by atoms with E-state index < -0.39 is 0 Å². The number of halogens is 2. The maximum absolute atomic E-state index is 10.4. The Morgan fingerprint density at radius 1 is 1.46 bits per heavy atom. The molecule has 0 bridgehead atoms. The van der Waals surface area contributed by atoms with Gasteiger partial charge in [-0.1, -0.05) is 23.2 Å². The van der Waals surface area contributed by atoms with Crippen LogP contribution in [-0.4, -0.2) is 11.5 Å². The highest BCUT2D eigenvalue weighted by Crippen LogP contribution is 2.31. The summed E-state index contributed by atoms with van der Waals surface area (Å²) >= 11 is 13.1. The van der Waals surface area contributed by atoms with Crippen molar-refractivity contribution in [1.29, 1.82) is 0 Å². The van der Waals surface area contributed by atoms with Gasteiger partial charge >= 0.3 is 0 Å². The molecule has 4 heteroatoms. The van der Waals surface area contributed by atoms with E-state index in [1.807, 2.05) is 13.0 Å². The quantitative estimate of drug-likeness (QED) is 0.587. The van der Waals surface area contributed by atoms with Crippen molar-refractivity contribution in [2.75, 3.05) is 0 Å². The number of hydrogen-bond acceptors (Lipinski definition) is 2. The molecule has 1 aromatic rings. The highest BCUT2D eigenvalue weighted by Gasteiger charge is 2.06. The third-order valence-corrected chi connectivity index (χ3v) is 3.15. The zero-order valence-corrected chi connectivity index (χ0v) is 9.29. The molecule has 0 aromatic heterocycles. The lowest BCUT2D eigenvalue weighted by molar-refractivity contribution is -0.107. The molecule has 0 spiro atoms. The number of carbonyl (C=O) groups excluding carboxylic acids is 1. The Balaban J connectivity index is 2.83. The van der Waals surface area contributed by atoms with Gasteiger partial charge in [0.1, 0.15) is 6.29 Å². The Bertz CT molecular complexity index is 314. The summed E-state index contributed by atoms with van der Waals surface area (Å²) in [7, 11) is 0. The van der Waals surface area contributed by atoms with Crippen LogP contribution in [0.4, 0.5) is 0 Å². The van der Waals surface area contributed by atoms with Gasteiger partial charge in [0.05, 0.1) is 10.3 Å². The van der Waals surface area contributed by atoms with Crippen LogP contribution in [0.5, 0.6) is 0 Å². The van der Waals surface area contributed by atoms with Crippen LogP contribution in [0.1, 0.15) is 6.92 Å². The summed E-state index contributed by atoms with van der Waals surface area (Å²) in [6, 6.07) is 5.24. The average molecular weight is 235 g/mol. The van der Waals surface area contributed by atoms with E-state index in [-0.39, 0.29) is 5.25 Å². The number of aldehydes is 1. The number of benzene rings is 1. The first-order valence-corrected chi connectivity index (χ1v) is 5.34. The van der Waals surface area contributed by atoms with E-state index in [4.69, 9.17) is 23.2 Å². The lowest BCUT2D eigenvalue weighted by Gasteiger charge is -2.05. The van der Waals surface area contributed by atoms with Crippen LogP contribution in [-0.2, 0) is 4.79 Å². The van der Waals surface area contributed by atoms with Gasteiger partial charge in [-0.25, -0.2) is 0 Å². The second-order valence-corrected chi connectivity index (χ2v) is 4.80. The third-order valence-electron chi connectivity index (χ3n) is 1.40. The molecule has 0 heterocycles. The van der Waals surface area contributed by atoms with Crippen molar-refractivity contribution in [1.82, 2.24) is 0 Å². The van der Waals surface area contributed by atoms with Gasteiger partial charge in [0, 0.05) is 9.92 Å². The van der Waals surface area contributed by atoms with Gasteiger partial charge in [-0.3, -0.25) is 0 Å². The molecule has 13 heavy (non-hydrogen) atoms. The standard InChI is InChI=1S/C9H8Cl2OS/c1-6(5-12)13-9-3-2-7(10)4-8(9)11/h2-6H,1H3. The number of hydrogen-bond donors (Lipinski definition) is 0. The van der Waals surface area contributed by atoms with Crippen molar-refractivity contribution in [3.8, 4) is 0 Å². The maximum atomic E-state index is 10.4. The highest BCUT2D eigenvalue weighted by atomic mass is 35.5. The first kappa shape index (κ1) is 10.9. The molecule has 0 aliphatic carbocycles. The fraction of sp³-hybridized carbons (Fsp3) is 0.222. The third kappa shape index (κ3) is 3.22. The summed E-state index contributed by atoms with van der Waals surface area (Å²) in [4.78, 5) is 11.3. The fourth-order valence-corrected chi connectivity index (χ4v) is 2.12. The summed E-state index contributed by atoms with van der Waals surface area (Å²) < 4.78 is 0. The predicted octanol–water partition coefficient (Wildman–Crippen LogP) is 3.67. The lowest BCUT2D eigenvalue weighted by Crippen LogP contribution is -1.95. The molecule has 0 aliphatic rings. The van der Waals surface area contributed by atoms with Gasteiger partial charge in [0.2, 0.25) is 0 Å². The molecular formula is C9H8Cl2OS. The smallest absolute Gasteiger partial charge is 0.133 e. The van der Waals surface area contributed by atoms with Gasteiger partial charge in [0.15, 0.2) is 0 Å². The van der Waals surface area contributed by atoms with E-state index in [0.717, 1.165) is 11.2 Å². The first-order valence-electron chi connectivity index (χ1n) is 3.70. The second kappa shape index (κ2) is 4.89. The van der Waals surface area contributed by atoms with Crippen LogP contribution in [0, 0.1) is 0 Å². The Kier molecular flexibility index (Phi) is 4.10. The Morgan fingerprint density at radius 2 is 2.15 bits per heavy atom. The minimum absolute atomic E-state index is 0.0846. The largest absolute Gasteiger partial charge is 0.302 e. The molecule has 1 atom stereocenters. The van der Waals surface area contributed by atoms with Crippen molar-refractivity contribution in [3.63, 3.8) is 0 Å². The molecular weight excluding hydrogens is 227 g/mol. The SMILES string of the molecule is CC(C=O)Sc1ccc(Cl)cc1Cl. The summed E-state index contributed by atoms with van der Waals surface area (Å²) in [5, 5.41) is 1.11. The van der Waals surface area contributed by atoms with Crippen LogP contribution in [0.15, 0.2) is 23.1 Å². The summed E-state index contributed by atoms with van der Waals surface area (Å²) in [5.74, 6) is 0. The van der Waals surface area contributed by atoms with Crippen LogP contribution in [0.3, 0.4) is 0 Å². The van der Waals surface area contributed by atoms with E-state index in [1.165, 1.54) is 11.8 Å². The van der Waals surface area contributed by atoms with Crippen molar-refractivity contribution in [2.45, 2.75) is 17.1 Å². The lowest BCUT2D eigenvalue weighted by atomic mass is 10.4. The molecule has 0 radical (unpaired) electrons. The van der Waals surface area contributed by atoms with Crippen LogP contribution >= 0.6 is 35.0 Å². The molecule has 1 aromatic carbocycles. The number of carbonyl (C=O) groups is 1. The Labute approximate surface area is 91.4 Å². The normalized spacial score (nSPS) is 12.5. The Hall–Kier alpha value is -0.180. The molecule has 0 amide bonds. The van der Waals surface area contributed by atoms with E-state index in [1.54, 1.807) is 12.1 Å². The van der Waals surface area contributed by atoms with Crippen molar-refractivity contribution < 1.29 is 4.79 Å². The molecule has 1 rings (SSSR count). The average Bonchev–Trinajstić information content (AvgIpc) is 2.09. The highest BCUT2D eigenvalue weighted by molar-refractivity contribution is 8.00. The van der Waals surface area contributed by atoms with E-state index >= 15 is 0 Å². The van der Waals surface area contributed by atoms with E-state index in [2.05, 4.69) is 0 Å². The minimum atomic E-state index is -0.0846. The van der Waals surface area contributed by atoms with Crippen LogP contribution in [0.2, 0.25) is 10.0 Å². The van der Waals surface area contributed by atoms with Crippen LogP contribution < -0.4 is 0 Å². The van der Waals surface area contributed by atoms with Gasteiger partial charge in [-0.2, -0.15) is 0 Å². The monoisotopic (exact) mass is 234 g/mol. The topological polar surface area (TPSA) is 17.1 Å². The zero-order chi connectivity index (χ0) is 9.84. The molecule has 0 saturated carbocycles. The summed E-state index contributed by atoms with van der Waals surface area (Å²) in [5.41, 5.74) is 0. The minimum Gasteiger partial charge on any atom is -0.302 e. The molecule has 1 unspecified atom stereocenters. The van der Waals surface area contributed by atoms with Gasteiger partial charge < -0.3 is 4.79 Å². The van der Waals surface area contributed by atoms with Crippen molar-refractivity contribution in [2.24, 2.45) is 0 Å². The molecule has 0 saturated heterocycles. The van der Waals surface area contributed by atoms with Crippen molar-refractivity contribution >= 4 is 41.2 Å². The molecule has 70 valence electrons. The molecule has 0 fully saturated rings. The van der Waals surface area contributed by atoms with Crippen molar-refractivity contribution in [3.05, 3.63) is 28.2 Å². The number of rotatable bonds is 3. The predicted molar refractivity (Wildman–Crippen MR) is 57.8 cm³/mol.